The van der Waals surface area contributed by atoms with Crippen LogP contribution in [0, 0.1) is 5.82 Å². The van der Waals surface area contributed by atoms with E-state index in [4.69, 9.17) is 0 Å². The minimum atomic E-state index is -0.901. The average Bonchev–Trinajstić information content (AvgIpc) is 2.29. The molecule has 0 aliphatic heterocycles. The minimum Gasteiger partial charge on any atom is -0.385 e. The van der Waals surface area contributed by atoms with Crippen LogP contribution in [0.25, 0.3) is 10.8 Å². The Hall–Kier alpha value is -1.41. The summed E-state index contributed by atoms with van der Waals surface area (Å²) < 4.78 is 13.7. The van der Waals surface area contributed by atoms with E-state index in [-0.39, 0.29) is 5.82 Å². The van der Waals surface area contributed by atoms with Crippen molar-refractivity contribution in [2.24, 2.45) is 0 Å². The van der Waals surface area contributed by atoms with E-state index in [1.807, 2.05) is 25.1 Å². The largest absolute Gasteiger partial charge is 0.385 e. The number of aliphatic hydroxyl groups is 1. The van der Waals surface area contributed by atoms with Gasteiger partial charge < -0.3 is 5.11 Å². The second-order valence-corrected chi connectivity index (χ2v) is 4.66. The summed E-state index contributed by atoms with van der Waals surface area (Å²) in [5.41, 5.74) is -0.0986. The monoisotopic (exact) mass is 232 g/mol. The van der Waals surface area contributed by atoms with Gasteiger partial charge in [0.15, 0.2) is 0 Å². The summed E-state index contributed by atoms with van der Waals surface area (Å²) in [6, 6.07) is 10.4. The average molecular weight is 232 g/mol. The fourth-order valence-corrected chi connectivity index (χ4v) is 2.35. The molecule has 1 nitrogen and oxygen atoms in total. The first kappa shape index (κ1) is 12.1. The van der Waals surface area contributed by atoms with Crippen LogP contribution in [-0.2, 0) is 5.60 Å². The van der Waals surface area contributed by atoms with Crippen molar-refractivity contribution in [1.29, 1.82) is 0 Å². The van der Waals surface area contributed by atoms with Gasteiger partial charge in [0.2, 0.25) is 0 Å². The lowest BCUT2D eigenvalue weighted by Gasteiger charge is -2.25. The zero-order chi connectivity index (χ0) is 12.5. The molecule has 0 radical (unpaired) electrons. The van der Waals surface area contributed by atoms with Gasteiger partial charge in [-0.1, -0.05) is 43.7 Å². The Kier molecular flexibility index (Phi) is 3.16. The van der Waals surface area contributed by atoms with Gasteiger partial charge in [-0.25, -0.2) is 4.39 Å². The quantitative estimate of drug-likeness (QED) is 0.848. The molecule has 0 heterocycles. The molecule has 2 rings (SSSR count). The molecular weight excluding hydrogens is 215 g/mol. The molecule has 0 saturated heterocycles. The molecule has 0 aromatic heterocycles. The molecule has 0 saturated carbocycles. The van der Waals surface area contributed by atoms with Crippen LogP contribution in [0.3, 0.4) is 0 Å². The number of benzene rings is 2. The molecule has 90 valence electrons. The van der Waals surface area contributed by atoms with Gasteiger partial charge in [-0.3, -0.25) is 0 Å². The van der Waals surface area contributed by atoms with Gasteiger partial charge in [0.25, 0.3) is 0 Å². The highest BCUT2D eigenvalue weighted by Gasteiger charge is 2.24. The maximum atomic E-state index is 13.7. The predicted octanol–water partition coefficient (Wildman–Crippen LogP) is 3.99. The Labute approximate surface area is 101 Å². The third-order valence-electron chi connectivity index (χ3n) is 3.19. The lowest BCUT2D eigenvalue weighted by atomic mass is 9.87. The topological polar surface area (TPSA) is 20.2 Å². The summed E-state index contributed by atoms with van der Waals surface area (Å²) in [4.78, 5) is 0. The molecule has 17 heavy (non-hydrogen) atoms. The SMILES string of the molecule is CCC[C@@](C)(O)c1ccc(F)c2ccccc12. The van der Waals surface area contributed by atoms with Gasteiger partial charge in [0.1, 0.15) is 5.82 Å². The van der Waals surface area contributed by atoms with Crippen molar-refractivity contribution in [3.63, 3.8) is 0 Å². The van der Waals surface area contributed by atoms with Gasteiger partial charge in [-0.05, 0) is 30.4 Å². The highest BCUT2D eigenvalue weighted by Crippen LogP contribution is 2.32. The molecular formula is C15H17FO. The summed E-state index contributed by atoms with van der Waals surface area (Å²) in [5.74, 6) is -0.239. The van der Waals surface area contributed by atoms with Crippen LogP contribution >= 0.6 is 0 Å². The Morgan fingerprint density at radius 2 is 1.76 bits per heavy atom. The molecule has 0 aliphatic carbocycles. The van der Waals surface area contributed by atoms with E-state index in [1.54, 1.807) is 19.1 Å². The summed E-state index contributed by atoms with van der Waals surface area (Å²) in [7, 11) is 0. The zero-order valence-electron chi connectivity index (χ0n) is 10.2. The van der Waals surface area contributed by atoms with Crippen LogP contribution in [0.5, 0.6) is 0 Å². The Balaban J connectivity index is 2.67. The maximum Gasteiger partial charge on any atom is 0.131 e. The van der Waals surface area contributed by atoms with Crippen molar-refractivity contribution in [2.45, 2.75) is 32.3 Å². The summed E-state index contributed by atoms with van der Waals surface area (Å²) in [6.07, 6.45) is 1.56. The molecule has 1 N–H and O–H groups in total. The Morgan fingerprint density at radius 3 is 2.41 bits per heavy atom. The number of halogens is 1. The summed E-state index contributed by atoms with van der Waals surface area (Å²) in [5, 5.41) is 11.8. The molecule has 2 aromatic carbocycles. The highest BCUT2D eigenvalue weighted by molar-refractivity contribution is 5.87. The van der Waals surface area contributed by atoms with Gasteiger partial charge in [-0.15, -0.1) is 0 Å². The van der Waals surface area contributed by atoms with Gasteiger partial charge in [0, 0.05) is 5.39 Å². The van der Waals surface area contributed by atoms with Crippen LogP contribution in [0.4, 0.5) is 4.39 Å². The third-order valence-corrected chi connectivity index (χ3v) is 3.19. The summed E-state index contributed by atoms with van der Waals surface area (Å²) in [6.45, 7) is 3.82. The normalized spacial score (nSPS) is 14.8. The van der Waals surface area contributed by atoms with E-state index in [0.29, 0.717) is 11.8 Å². The minimum absolute atomic E-state index is 0.239. The third kappa shape index (κ3) is 2.18. The number of fused-ring (bicyclic) bond motifs is 1. The standard InChI is InChI=1S/C15H17FO/c1-3-10-15(2,17)13-8-9-14(16)12-7-5-4-6-11(12)13/h4-9,17H,3,10H2,1-2H3/t15-/m1/s1. The molecule has 0 bridgehead atoms. The number of hydrogen-bond donors (Lipinski definition) is 1. The van der Waals surface area contributed by atoms with Crippen LogP contribution in [-0.4, -0.2) is 5.11 Å². The van der Waals surface area contributed by atoms with Crippen molar-refractivity contribution >= 4 is 10.8 Å². The molecule has 0 amide bonds. The van der Waals surface area contributed by atoms with Crippen molar-refractivity contribution in [3.05, 3.63) is 47.8 Å². The Morgan fingerprint density at radius 1 is 1.12 bits per heavy atom. The second kappa shape index (κ2) is 4.46. The van der Waals surface area contributed by atoms with E-state index < -0.39 is 5.60 Å². The van der Waals surface area contributed by atoms with Gasteiger partial charge in [-0.2, -0.15) is 0 Å². The number of hydrogen-bond acceptors (Lipinski definition) is 1. The van der Waals surface area contributed by atoms with E-state index in [9.17, 15) is 9.50 Å². The molecule has 0 aliphatic rings. The van der Waals surface area contributed by atoms with Crippen LogP contribution in [0.15, 0.2) is 36.4 Å². The first-order valence-corrected chi connectivity index (χ1v) is 5.96. The molecule has 2 aromatic rings. The van der Waals surface area contributed by atoms with Crippen molar-refractivity contribution in [1.82, 2.24) is 0 Å². The lowest BCUT2D eigenvalue weighted by molar-refractivity contribution is 0.0484. The van der Waals surface area contributed by atoms with E-state index >= 15 is 0 Å². The maximum absolute atomic E-state index is 13.7. The van der Waals surface area contributed by atoms with Crippen LogP contribution in [0.2, 0.25) is 0 Å². The first-order valence-electron chi connectivity index (χ1n) is 5.96. The van der Waals surface area contributed by atoms with Gasteiger partial charge in [0.05, 0.1) is 5.60 Å². The highest BCUT2D eigenvalue weighted by atomic mass is 19.1. The molecule has 0 spiro atoms. The van der Waals surface area contributed by atoms with E-state index in [2.05, 4.69) is 0 Å². The molecule has 0 unspecified atom stereocenters. The predicted molar refractivity (Wildman–Crippen MR) is 68.4 cm³/mol. The van der Waals surface area contributed by atoms with Crippen molar-refractivity contribution < 1.29 is 9.50 Å². The van der Waals surface area contributed by atoms with E-state index in [0.717, 1.165) is 17.4 Å². The van der Waals surface area contributed by atoms with Crippen molar-refractivity contribution in [3.8, 4) is 0 Å². The smallest absolute Gasteiger partial charge is 0.131 e. The van der Waals surface area contributed by atoms with Crippen LogP contribution < -0.4 is 0 Å². The molecule has 0 fully saturated rings. The van der Waals surface area contributed by atoms with E-state index in [1.165, 1.54) is 6.07 Å². The number of rotatable bonds is 3. The fraction of sp³-hybridized carbons (Fsp3) is 0.333. The molecule has 1 atom stereocenters. The van der Waals surface area contributed by atoms with Crippen molar-refractivity contribution in [2.75, 3.05) is 0 Å². The molecule has 2 heteroatoms. The zero-order valence-corrected chi connectivity index (χ0v) is 10.2. The summed E-state index contributed by atoms with van der Waals surface area (Å²) >= 11 is 0. The second-order valence-electron chi connectivity index (χ2n) is 4.66. The Bertz CT molecular complexity index is 531. The van der Waals surface area contributed by atoms with Gasteiger partial charge >= 0.3 is 0 Å². The first-order chi connectivity index (χ1) is 8.06. The fourth-order valence-electron chi connectivity index (χ4n) is 2.35. The van der Waals surface area contributed by atoms with Crippen LogP contribution in [0.1, 0.15) is 32.3 Å². The lowest BCUT2D eigenvalue weighted by Crippen LogP contribution is -2.21.